The van der Waals surface area contributed by atoms with E-state index in [1.165, 1.54) is 0 Å². The molecule has 1 aliphatic carbocycles. The number of nitrogens with zero attached hydrogens (tertiary/aromatic N) is 1. The van der Waals surface area contributed by atoms with Gasteiger partial charge in [-0.2, -0.15) is 13.2 Å². The molecular formula is C13H19F3N2O3. The fourth-order valence-electron chi connectivity index (χ4n) is 3.21. The highest BCUT2D eigenvalue weighted by molar-refractivity contribution is 5.85. The fraction of sp³-hybridized carbons (Fsp3) is 0.846. The van der Waals surface area contributed by atoms with Gasteiger partial charge < -0.3 is 15.7 Å². The van der Waals surface area contributed by atoms with Crippen LogP contribution in [0, 0.1) is 5.41 Å². The first-order valence-electron chi connectivity index (χ1n) is 6.96. The maximum absolute atomic E-state index is 13.2. The summed E-state index contributed by atoms with van der Waals surface area (Å²) in [6.07, 6.45) is -4.38. The zero-order chi connectivity index (χ0) is 15.9. The van der Waals surface area contributed by atoms with Gasteiger partial charge in [0.15, 0.2) is 0 Å². The Bertz CT molecular complexity index is 448. The van der Waals surface area contributed by atoms with E-state index >= 15 is 0 Å². The maximum Gasteiger partial charge on any atom is 0.403 e. The number of halogens is 3. The molecular weight excluding hydrogens is 289 g/mol. The highest BCUT2D eigenvalue weighted by Crippen LogP contribution is 2.54. The van der Waals surface area contributed by atoms with Crippen LogP contribution < -0.4 is 5.73 Å². The van der Waals surface area contributed by atoms with Crippen molar-refractivity contribution in [2.45, 2.75) is 50.3 Å². The second-order valence-corrected chi connectivity index (χ2v) is 6.13. The van der Waals surface area contributed by atoms with Crippen molar-refractivity contribution in [3.63, 3.8) is 0 Å². The molecule has 1 heterocycles. The van der Waals surface area contributed by atoms with Crippen molar-refractivity contribution < 1.29 is 27.9 Å². The third-order valence-electron chi connectivity index (χ3n) is 4.50. The normalized spacial score (nSPS) is 28.9. The molecule has 0 radical (unpaired) electrons. The minimum atomic E-state index is -4.58. The van der Waals surface area contributed by atoms with Gasteiger partial charge in [-0.25, -0.2) is 0 Å². The van der Waals surface area contributed by atoms with E-state index in [-0.39, 0.29) is 38.8 Å². The zero-order valence-corrected chi connectivity index (χ0v) is 11.6. The molecule has 2 amide bonds. The number of alkyl halides is 3. The summed E-state index contributed by atoms with van der Waals surface area (Å²) < 4.78 is 39.5. The van der Waals surface area contributed by atoms with E-state index in [0.29, 0.717) is 12.8 Å². The predicted molar refractivity (Wildman–Crippen MR) is 66.9 cm³/mol. The van der Waals surface area contributed by atoms with E-state index in [9.17, 15) is 27.9 Å². The van der Waals surface area contributed by atoms with Crippen LogP contribution in [0.1, 0.15) is 38.5 Å². The minimum Gasteiger partial charge on any atom is -0.388 e. The Morgan fingerprint density at radius 2 is 1.81 bits per heavy atom. The predicted octanol–water partition coefficient (Wildman–Crippen LogP) is 0.948. The molecule has 1 atom stereocenters. The second kappa shape index (κ2) is 5.15. The number of amides is 2. The summed E-state index contributed by atoms with van der Waals surface area (Å²) in [6.45, 7) is -0.107. The van der Waals surface area contributed by atoms with Crippen LogP contribution in [0.25, 0.3) is 0 Å². The third kappa shape index (κ3) is 2.86. The molecule has 0 aromatic heterocycles. The number of hydrogen-bond donors (Lipinski definition) is 2. The number of carbonyl (C=O) groups is 2. The largest absolute Gasteiger partial charge is 0.403 e. The van der Waals surface area contributed by atoms with Gasteiger partial charge in [0.25, 0.3) is 0 Å². The van der Waals surface area contributed by atoms with Crippen molar-refractivity contribution >= 4 is 11.8 Å². The quantitative estimate of drug-likeness (QED) is 0.814. The van der Waals surface area contributed by atoms with Gasteiger partial charge in [0.05, 0.1) is 12.0 Å². The SMILES string of the molecule is NC(=O)CC1(O)CCCN(C(=O)C2(C(F)(F)F)CCC2)C1. The highest BCUT2D eigenvalue weighted by atomic mass is 19.4. The molecule has 1 saturated carbocycles. The lowest BCUT2D eigenvalue weighted by Crippen LogP contribution is -2.60. The molecule has 2 fully saturated rings. The van der Waals surface area contributed by atoms with Gasteiger partial charge in [-0.15, -0.1) is 0 Å². The van der Waals surface area contributed by atoms with Gasteiger partial charge in [0.1, 0.15) is 5.41 Å². The molecule has 1 aliphatic heterocycles. The number of β-amino-alcohol motifs (C(OH)–C–C–N with tert-alkyl or cyclic N) is 1. The molecule has 0 spiro atoms. The van der Waals surface area contributed by atoms with Crippen LogP contribution in [-0.2, 0) is 9.59 Å². The van der Waals surface area contributed by atoms with E-state index in [2.05, 4.69) is 0 Å². The van der Waals surface area contributed by atoms with E-state index < -0.39 is 29.0 Å². The van der Waals surface area contributed by atoms with Crippen LogP contribution in [0.4, 0.5) is 13.2 Å². The molecule has 0 aromatic rings. The van der Waals surface area contributed by atoms with Crippen LogP contribution >= 0.6 is 0 Å². The Kier molecular flexibility index (Phi) is 3.94. The lowest BCUT2D eigenvalue weighted by Gasteiger charge is -2.47. The molecule has 2 rings (SSSR count). The fourth-order valence-corrected chi connectivity index (χ4v) is 3.21. The number of hydrogen-bond acceptors (Lipinski definition) is 3. The van der Waals surface area contributed by atoms with Gasteiger partial charge >= 0.3 is 6.18 Å². The smallest absolute Gasteiger partial charge is 0.388 e. The van der Waals surface area contributed by atoms with Crippen molar-refractivity contribution in [3.05, 3.63) is 0 Å². The van der Waals surface area contributed by atoms with E-state index in [0.717, 1.165) is 4.90 Å². The average molecular weight is 308 g/mol. The number of aliphatic hydroxyl groups is 1. The Labute approximate surface area is 120 Å². The maximum atomic E-state index is 13.2. The van der Waals surface area contributed by atoms with Crippen molar-refractivity contribution in [1.29, 1.82) is 0 Å². The van der Waals surface area contributed by atoms with Gasteiger partial charge in [-0.05, 0) is 25.7 Å². The summed E-state index contributed by atoms with van der Waals surface area (Å²) in [6, 6.07) is 0. The zero-order valence-electron chi connectivity index (χ0n) is 11.6. The van der Waals surface area contributed by atoms with E-state index in [1.54, 1.807) is 0 Å². The molecule has 21 heavy (non-hydrogen) atoms. The molecule has 3 N–H and O–H groups in total. The van der Waals surface area contributed by atoms with Crippen LogP contribution in [-0.4, -0.2) is 46.7 Å². The van der Waals surface area contributed by atoms with Crippen molar-refractivity contribution in [2.75, 3.05) is 13.1 Å². The Morgan fingerprint density at radius 1 is 1.19 bits per heavy atom. The second-order valence-electron chi connectivity index (χ2n) is 6.13. The Hall–Kier alpha value is -1.31. The van der Waals surface area contributed by atoms with E-state index in [1.807, 2.05) is 0 Å². The van der Waals surface area contributed by atoms with Crippen LogP contribution in [0.15, 0.2) is 0 Å². The summed E-state index contributed by atoms with van der Waals surface area (Å²) in [7, 11) is 0. The first-order valence-corrected chi connectivity index (χ1v) is 6.96. The van der Waals surface area contributed by atoms with Crippen molar-refractivity contribution in [2.24, 2.45) is 11.1 Å². The molecule has 0 bridgehead atoms. The molecule has 5 nitrogen and oxygen atoms in total. The summed E-state index contributed by atoms with van der Waals surface area (Å²) >= 11 is 0. The highest BCUT2D eigenvalue weighted by Gasteiger charge is 2.64. The van der Waals surface area contributed by atoms with Gasteiger partial charge in [-0.1, -0.05) is 6.42 Å². The summed E-state index contributed by atoms with van der Waals surface area (Å²) in [5.74, 6) is -1.72. The summed E-state index contributed by atoms with van der Waals surface area (Å²) in [5, 5.41) is 10.2. The standard InChI is InChI=1S/C13H19F3N2O3/c14-13(15,16)12(4-1-5-12)10(20)18-6-2-3-11(21,8-18)7-9(17)19/h21H,1-8H2,(H2,17,19). The molecule has 120 valence electrons. The number of piperidine rings is 1. The number of nitrogens with two attached hydrogens (primary N) is 1. The lowest BCUT2D eigenvalue weighted by molar-refractivity contribution is -0.250. The number of likely N-dealkylation sites (tertiary alicyclic amines) is 1. The number of primary amides is 1. The first-order chi connectivity index (χ1) is 9.60. The molecule has 8 heteroatoms. The average Bonchev–Trinajstić information content (AvgIpc) is 2.23. The lowest BCUT2D eigenvalue weighted by atomic mass is 9.66. The molecule has 1 unspecified atom stereocenters. The summed E-state index contributed by atoms with van der Waals surface area (Å²) in [4.78, 5) is 24.3. The first kappa shape index (κ1) is 16.1. The number of carbonyl (C=O) groups excluding carboxylic acids is 2. The molecule has 0 aromatic carbocycles. The molecule has 1 saturated heterocycles. The minimum absolute atomic E-state index is 0.164. The van der Waals surface area contributed by atoms with Crippen LogP contribution in [0.3, 0.4) is 0 Å². The van der Waals surface area contributed by atoms with Crippen LogP contribution in [0.2, 0.25) is 0 Å². The monoisotopic (exact) mass is 308 g/mol. The van der Waals surface area contributed by atoms with Crippen molar-refractivity contribution in [3.8, 4) is 0 Å². The Balaban J connectivity index is 2.14. The molecule has 2 aliphatic rings. The Morgan fingerprint density at radius 3 is 2.24 bits per heavy atom. The number of rotatable bonds is 3. The van der Waals surface area contributed by atoms with Gasteiger partial charge in [0, 0.05) is 13.1 Å². The van der Waals surface area contributed by atoms with Gasteiger partial charge in [0.2, 0.25) is 11.8 Å². The van der Waals surface area contributed by atoms with E-state index in [4.69, 9.17) is 5.73 Å². The van der Waals surface area contributed by atoms with Crippen molar-refractivity contribution in [1.82, 2.24) is 4.90 Å². The van der Waals surface area contributed by atoms with Crippen LogP contribution in [0.5, 0.6) is 0 Å². The topological polar surface area (TPSA) is 83.6 Å². The summed E-state index contributed by atoms with van der Waals surface area (Å²) in [5.41, 5.74) is 1.21. The third-order valence-corrected chi connectivity index (χ3v) is 4.50. The van der Waals surface area contributed by atoms with Gasteiger partial charge in [-0.3, -0.25) is 9.59 Å².